The van der Waals surface area contributed by atoms with Gasteiger partial charge in [0.2, 0.25) is 0 Å². The lowest BCUT2D eigenvalue weighted by Crippen LogP contribution is -2.38. The Morgan fingerprint density at radius 2 is 1.12 bits per heavy atom. The van der Waals surface area contributed by atoms with Gasteiger partial charge in [-0.1, -0.05) is 0 Å². The Balaban J connectivity index is -0.000000177. The van der Waals surface area contributed by atoms with Crippen molar-refractivity contribution in [3.63, 3.8) is 0 Å². The van der Waals surface area contributed by atoms with Gasteiger partial charge in [-0.2, -0.15) is 15.1 Å². The molecule has 0 aliphatic rings. The van der Waals surface area contributed by atoms with Gasteiger partial charge in [0.25, 0.3) is 0 Å². The number of azo groups is 1. The maximum atomic E-state index is 10.1. The van der Waals surface area contributed by atoms with Gasteiger partial charge in [-0.05, 0) is 48.5 Å². The number of nitrogens with one attached hydrogen (secondary N) is 2. The van der Waals surface area contributed by atoms with E-state index >= 15 is 0 Å². The van der Waals surface area contributed by atoms with Crippen LogP contribution in [0, 0.1) is 10.8 Å². The van der Waals surface area contributed by atoms with Gasteiger partial charge < -0.3 is 11.5 Å². The lowest BCUT2D eigenvalue weighted by Gasteiger charge is -2.20. The lowest BCUT2D eigenvalue weighted by atomic mass is 10.1. The number of nitrogens with two attached hydrogens (primary N) is 2. The molecule has 0 saturated heterocycles. The Hall–Kier alpha value is -1.45. The highest BCUT2D eigenvalue weighted by atomic mass is 35.5. The van der Waals surface area contributed by atoms with Crippen molar-refractivity contribution < 1.29 is 14.6 Å². The van der Waals surface area contributed by atoms with Gasteiger partial charge in [0.1, 0.15) is 28.4 Å². The van der Waals surface area contributed by atoms with E-state index in [0.717, 1.165) is 0 Å². The van der Waals surface area contributed by atoms with Crippen molar-refractivity contribution in [1.82, 2.24) is 0 Å². The van der Waals surface area contributed by atoms with Crippen LogP contribution in [0.1, 0.15) is 55.4 Å². The van der Waals surface area contributed by atoms with Crippen LogP contribution in [0.5, 0.6) is 0 Å². The topological polar surface area (TPSA) is 160 Å². The van der Waals surface area contributed by atoms with Gasteiger partial charge in [-0.3, -0.25) is 15.7 Å². The number of rotatable bonds is 5. The molecule has 9 nitrogen and oxygen atoms in total. The number of amidine groups is 2. The largest absolute Gasteiger partial charge is 0.386 e. The van der Waals surface area contributed by atoms with Crippen LogP contribution in [0.3, 0.4) is 0 Å². The normalized spacial score (nSPS) is 11.4. The first-order valence-corrected chi connectivity index (χ1v) is 7.00. The quantitative estimate of drug-likeness (QED) is 0.182. The van der Waals surface area contributed by atoms with Crippen molar-refractivity contribution in [2.24, 2.45) is 21.7 Å². The summed E-state index contributed by atoms with van der Waals surface area (Å²) in [4.78, 5) is 19.1. The van der Waals surface area contributed by atoms with Crippen LogP contribution < -0.4 is 11.5 Å². The van der Waals surface area contributed by atoms with Gasteiger partial charge in [0.05, 0.1) is 0 Å². The molecule has 25 heavy (non-hydrogen) atoms. The van der Waals surface area contributed by atoms with E-state index in [9.17, 15) is 4.79 Å². The summed E-state index contributed by atoms with van der Waals surface area (Å²) in [6, 6.07) is 0. The second-order valence-corrected chi connectivity index (χ2v) is 6.92. The van der Waals surface area contributed by atoms with Crippen LogP contribution in [0.4, 0.5) is 0 Å². The van der Waals surface area contributed by atoms with E-state index in [1.54, 1.807) is 48.5 Å². The van der Waals surface area contributed by atoms with E-state index in [1.807, 2.05) is 0 Å². The molecule has 0 heterocycles. The summed E-state index contributed by atoms with van der Waals surface area (Å²) in [6.07, 6.45) is 0. The van der Waals surface area contributed by atoms with Crippen molar-refractivity contribution in [2.75, 3.05) is 0 Å². The number of hydrogen-bond donors (Lipinski definition) is 4. The first-order valence-electron chi connectivity index (χ1n) is 7.00. The van der Waals surface area contributed by atoms with E-state index in [1.165, 1.54) is 6.92 Å². The zero-order valence-corrected chi connectivity index (χ0v) is 17.7. The molecule has 11 heteroatoms. The molecule has 0 fully saturated rings. The fourth-order valence-corrected chi connectivity index (χ4v) is 0.541. The second kappa shape index (κ2) is 12.0. The molecule has 150 valence electrons. The van der Waals surface area contributed by atoms with Gasteiger partial charge in [-0.25, -0.2) is 4.79 Å². The van der Waals surface area contributed by atoms with Crippen molar-refractivity contribution in [3.05, 3.63) is 0 Å². The highest BCUT2D eigenvalue weighted by Crippen LogP contribution is 2.15. The van der Waals surface area contributed by atoms with E-state index in [2.05, 4.69) is 20.0 Å². The molecule has 0 spiro atoms. The molecular formula is C14H32Cl2N6O3. The molecule has 0 aromatic carbocycles. The van der Waals surface area contributed by atoms with Gasteiger partial charge in [0, 0.05) is 6.92 Å². The van der Waals surface area contributed by atoms with E-state index < -0.39 is 22.6 Å². The highest BCUT2D eigenvalue weighted by Gasteiger charge is 2.25. The summed E-state index contributed by atoms with van der Waals surface area (Å²) in [5, 5.41) is 22.3. The minimum absolute atomic E-state index is 0. The van der Waals surface area contributed by atoms with E-state index in [4.69, 9.17) is 22.3 Å². The van der Waals surface area contributed by atoms with Crippen LogP contribution in [0.2, 0.25) is 0 Å². The van der Waals surface area contributed by atoms with Crippen molar-refractivity contribution in [1.29, 1.82) is 10.8 Å². The predicted octanol–water partition coefficient (Wildman–Crippen LogP) is 2.99. The lowest BCUT2D eigenvalue weighted by molar-refractivity contribution is -0.318. The number of hydrogen-bond acceptors (Lipinski definition) is 7. The fourth-order valence-electron chi connectivity index (χ4n) is 0.541. The van der Waals surface area contributed by atoms with Crippen LogP contribution in [0.15, 0.2) is 10.2 Å². The summed E-state index contributed by atoms with van der Waals surface area (Å²) in [5.74, 6) is -0.564. The van der Waals surface area contributed by atoms with Crippen molar-refractivity contribution in [2.45, 2.75) is 72.1 Å². The summed E-state index contributed by atoms with van der Waals surface area (Å²) in [7, 11) is 0. The Labute approximate surface area is 162 Å². The second-order valence-electron chi connectivity index (χ2n) is 6.92. The molecule has 0 atom stereocenters. The third-order valence-corrected chi connectivity index (χ3v) is 2.28. The molecule has 0 saturated carbocycles. The standard InChI is InChI=1S/C8H18N6.C6H12O3.2ClH/c1-7(2,5(9)10)13-14-8(3,4)6(11)12;1-5(7)8-9-6(2,3)4;;/h1-4H3,(H3,9,10)(H3,11,12);1-4H3;2*1H. The summed E-state index contributed by atoms with van der Waals surface area (Å²) < 4.78 is 0. The third-order valence-electron chi connectivity index (χ3n) is 2.28. The fraction of sp³-hybridized carbons (Fsp3) is 0.786. The number of nitrogens with zero attached hydrogens (tertiary/aromatic N) is 2. The molecule has 0 amide bonds. The Morgan fingerprint density at radius 1 is 0.840 bits per heavy atom. The Bertz CT molecular complexity index is 446. The number of carbonyl (C=O) groups is 1. The molecule has 0 aliphatic carbocycles. The SMILES string of the molecule is CC(=O)OOC(C)(C)C.CC(C)(N=NC(C)(C)C(=N)N)C(=N)N.Cl.Cl. The summed E-state index contributed by atoms with van der Waals surface area (Å²) >= 11 is 0. The Kier molecular flexibility index (Phi) is 15.0. The number of carbonyl (C=O) groups excluding carboxylic acids is 1. The summed E-state index contributed by atoms with van der Waals surface area (Å²) in [5.41, 5.74) is 8.55. The first kappa shape index (κ1) is 31.3. The van der Waals surface area contributed by atoms with Crippen LogP contribution in [-0.2, 0) is 14.6 Å². The van der Waals surface area contributed by atoms with Gasteiger partial charge in [-0.15, -0.1) is 24.8 Å². The van der Waals surface area contributed by atoms with Crippen molar-refractivity contribution >= 4 is 42.5 Å². The van der Waals surface area contributed by atoms with Gasteiger partial charge >= 0.3 is 5.97 Å². The van der Waals surface area contributed by atoms with Crippen LogP contribution in [-0.4, -0.2) is 34.3 Å². The molecule has 6 N–H and O–H groups in total. The van der Waals surface area contributed by atoms with Crippen LogP contribution in [0.25, 0.3) is 0 Å². The molecule has 0 aromatic heterocycles. The van der Waals surface area contributed by atoms with Gasteiger partial charge in [0.15, 0.2) is 0 Å². The molecule has 0 bridgehead atoms. The number of halogens is 2. The monoisotopic (exact) mass is 402 g/mol. The Morgan fingerprint density at radius 3 is 1.24 bits per heavy atom. The minimum atomic E-state index is -0.841. The smallest absolute Gasteiger partial charge is 0.339 e. The predicted molar refractivity (Wildman–Crippen MR) is 104 cm³/mol. The minimum Gasteiger partial charge on any atom is -0.386 e. The molecule has 0 unspecified atom stereocenters. The summed E-state index contributed by atoms with van der Waals surface area (Å²) in [6.45, 7) is 13.4. The molecular weight excluding hydrogens is 371 g/mol. The molecule has 0 rings (SSSR count). The molecule has 0 aromatic rings. The zero-order valence-electron chi connectivity index (χ0n) is 16.1. The molecule has 0 radical (unpaired) electrons. The van der Waals surface area contributed by atoms with Crippen molar-refractivity contribution in [3.8, 4) is 0 Å². The van der Waals surface area contributed by atoms with E-state index in [0.29, 0.717) is 0 Å². The zero-order chi connectivity index (χ0) is 19.1. The first-order chi connectivity index (χ1) is 10.0. The average molecular weight is 403 g/mol. The third kappa shape index (κ3) is 17.2. The molecule has 0 aliphatic heterocycles. The van der Waals surface area contributed by atoms with E-state index in [-0.39, 0.29) is 36.5 Å². The highest BCUT2D eigenvalue weighted by molar-refractivity contribution is 5.87. The maximum Gasteiger partial charge on any atom is 0.339 e. The maximum absolute atomic E-state index is 10.1. The average Bonchev–Trinajstić information content (AvgIpc) is 2.34. The van der Waals surface area contributed by atoms with Crippen LogP contribution >= 0.6 is 24.8 Å².